The number of piperidine rings is 1. The monoisotopic (exact) mass is 354 g/mol. The molecule has 136 valence electrons. The molecule has 4 rings (SSSR count). The number of para-hydroxylation sites is 1. The van der Waals surface area contributed by atoms with Gasteiger partial charge in [0.05, 0.1) is 12.2 Å². The molecule has 26 heavy (non-hydrogen) atoms. The summed E-state index contributed by atoms with van der Waals surface area (Å²) in [6.07, 6.45) is 2.42. The van der Waals surface area contributed by atoms with E-state index in [1.807, 2.05) is 50.4 Å². The van der Waals surface area contributed by atoms with Gasteiger partial charge in [-0.1, -0.05) is 18.2 Å². The maximum atomic E-state index is 13.1. The maximum absolute atomic E-state index is 13.1. The van der Waals surface area contributed by atoms with Crippen molar-refractivity contribution in [3.05, 3.63) is 47.8 Å². The standard InChI is InChI=1S/C19H22N4O3/c1-12-7-8-22(21-12)9-10-23-18(25)16(17(20)24)14-11-19(23,2)26-15-6-4-3-5-13(14)15/h3-8,14,16H,9-11H2,1-2H3,(H2,20,24)/t14-,16-,19+/m0/s1. The average molecular weight is 354 g/mol. The summed E-state index contributed by atoms with van der Waals surface area (Å²) in [6, 6.07) is 9.48. The van der Waals surface area contributed by atoms with Gasteiger partial charge in [0.15, 0.2) is 5.72 Å². The van der Waals surface area contributed by atoms with E-state index in [-0.39, 0.29) is 11.8 Å². The van der Waals surface area contributed by atoms with Crippen LogP contribution in [0.3, 0.4) is 0 Å². The van der Waals surface area contributed by atoms with E-state index >= 15 is 0 Å². The van der Waals surface area contributed by atoms with Crippen molar-refractivity contribution >= 4 is 11.8 Å². The van der Waals surface area contributed by atoms with Crippen LogP contribution in [0.4, 0.5) is 0 Å². The summed E-state index contributed by atoms with van der Waals surface area (Å²) in [7, 11) is 0. The van der Waals surface area contributed by atoms with Crippen LogP contribution in [0.25, 0.3) is 0 Å². The summed E-state index contributed by atoms with van der Waals surface area (Å²) >= 11 is 0. The first-order valence-electron chi connectivity index (χ1n) is 8.78. The molecule has 1 aromatic heterocycles. The van der Waals surface area contributed by atoms with E-state index in [4.69, 9.17) is 10.5 Å². The van der Waals surface area contributed by atoms with Crippen LogP contribution in [-0.2, 0) is 16.1 Å². The number of aromatic nitrogens is 2. The molecule has 2 aliphatic heterocycles. The number of fused-ring (bicyclic) bond motifs is 4. The predicted octanol–water partition coefficient (Wildman–Crippen LogP) is 1.42. The molecule has 3 heterocycles. The minimum Gasteiger partial charge on any atom is -0.468 e. The Bertz CT molecular complexity index is 877. The Morgan fingerprint density at radius 1 is 1.35 bits per heavy atom. The topological polar surface area (TPSA) is 90.5 Å². The number of primary amides is 1. The average Bonchev–Trinajstić information content (AvgIpc) is 2.99. The highest BCUT2D eigenvalue weighted by Gasteiger charge is 2.55. The van der Waals surface area contributed by atoms with Gasteiger partial charge < -0.3 is 15.4 Å². The fourth-order valence-corrected chi connectivity index (χ4v) is 4.17. The molecular weight excluding hydrogens is 332 g/mol. The molecule has 2 bridgehead atoms. The molecule has 2 N–H and O–H groups in total. The minimum atomic E-state index is -0.868. The zero-order valence-electron chi connectivity index (χ0n) is 14.9. The fourth-order valence-electron chi connectivity index (χ4n) is 4.17. The highest BCUT2D eigenvalue weighted by atomic mass is 16.5. The smallest absolute Gasteiger partial charge is 0.238 e. The third-order valence-electron chi connectivity index (χ3n) is 5.39. The number of benzene rings is 1. The SMILES string of the molecule is Cc1ccn(CCN2C(=O)[C@H](C(N)=O)[C@H]3C[C@@]2(C)Oc2ccccc23)n1. The van der Waals surface area contributed by atoms with Crippen LogP contribution in [0.15, 0.2) is 36.5 Å². The lowest BCUT2D eigenvalue weighted by atomic mass is 9.73. The molecule has 3 atom stereocenters. The van der Waals surface area contributed by atoms with Gasteiger partial charge in [-0.3, -0.25) is 14.3 Å². The van der Waals surface area contributed by atoms with E-state index < -0.39 is 17.6 Å². The Hall–Kier alpha value is -2.83. The molecule has 0 spiro atoms. The Morgan fingerprint density at radius 2 is 2.12 bits per heavy atom. The molecule has 0 radical (unpaired) electrons. The number of nitrogens with zero attached hydrogens (tertiary/aromatic N) is 3. The summed E-state index contributed by atoms with van der Waals surface area (Å²) in [5, 5.41) is 4.36. The Balaban J connectivity index is 1.69. The van der Waals surface area contributed by atoms with Crippen LogP contribution in [0.1, 0.15) is 30.5 Å². The lowest BCUT2D eigenvalue weighted by Crippen LogP contribution is -2.65. The van der Waals surface area contributed by atoms with Crippen LogP contribution in [0.5, 0.6) is 5.75 Å². The van der Waals surface area contributed by atoms with E-state index in [0.29, 0.717) is 25.3 Å². The third-order valence-corrected chi connectivity index (χ3v) is 5.39. The van der Waals surface area contributed by atoms with E-state index in [1.165, 1.54) is 0 Å². The number of carbonyl (C=O) groups is 2. The molecule has 2 aromatic rings. The maximum Gasteiger partial charge on any atom is 0.238 e. The molecule has 0 unspecified atom stereocenters. The summed E-state index contributed by atoms with van der Waals surface area (Å²) < 4.78 is 8.00. The first-order chi connectivity index (χ1) is 12.4. The first-order valence-corrected chi connectivity index (χ1v) is 8.78. The van der Waals surface area contributed by atoms with Gasteiger partial charge in [0.1, 0.15) is 11.7 Å². The van der Waals surface area contributed by atoms with Crippen molar-refractivity contribution < 1.29 is 14.3 Å². The molecule has 1 fully saturated rings. The van der Waals surface area contributed by atoms with E-state index in [1.54, 1.807) is 9.58 Å². The van der Waals surface area contributed by atoms with Crippen molar-refractivity contribution in [3.8, 4) is 5.75 Å². The highest BCUT2D eigenvalue weighted by molar-refractivity contribution is 6.01. The fraction of sp³-hybridized carbons (Fsp3) is 0.421. The second kappa shape index (κ2) is 5.86. The number of amides is 2. The van der Waals surface area contributed by atoms with Crippen molar-refractivity contribution in [1.82, 2.24) is 14.7 Å². The first kappa shape index (κ1) is 16.6. The second-order valence-electron chi connectivity index (χ2n) is 7.22. The van der Waals surface area contributed by atoms with Crippen molar-refractivity contribution in [3.63, 3.8) is 0 Å². The molecule has 1 aromatic carbocycles. The van der Waals surface area contributed by atoms with E-state index in [2.05, 4.69) is 5.10 Å². The number of nitrogens with two attached hydrogens (primary N) is 1. The highest BCUT2D eigenvalue weighted by Crippen LogP contribution is 2.49. The normalized spacial score (nSPS) is 27.0. The van der Waals surface area contributed by atoms with Gasteiger partial charge >= 0.3 is 0 Å². The zero-order chi connectivity index (χ0) is 18.5. The number of hydrogen-bond acceptors (Lipinski definition) is 4. The van der Waals surface area contributed by atoms with Crippen LogP contribution in [0.2, 0.25) is 0 Å². The van der Waals surface area contributed by atoms with Crippen LogP contribution in [0, 0.1) is 12.8 Å². The number of aryl methyl sites for hydroxylation is 1. The van der Waals surface area contributed by atoms with Gasteiger partial charge in [0, 0.05) is 25.1 Å². The number of likely N-dealkylation sites (tertiary alicyclic amines) is 1. The summed E-state index contributed by atoms with van der Waals surface area (Å²) in [5.41, 5.74) is 6.62. The van der Waals surface area contributed by atoms with Gasteiger partial charge in [-0.05, 0) is 31.5 Å². The van der Waals surface area contributed by atoms with Crippen LogP contribution >= 0.6 is 0 Å². The summed E-state index contributed by atoms with van der Waals surface area (Å²) in [6.45, 7) is 4.74. The molecule has 0 aliphatic carbocycles. The number of carbonyl (C=O) groups excluding carboxylic acids is 2. The molecule has 1 saturated heterocycles. The van der Waals surface area contributed by atoms with Gasteiger partial charge in [-0.25, -0.2) is 0 Å². The van der Waals surface area contributed by atoms with Gasteiger partial charge in [0.25, 0.3) is 0 Å². The summed E-state index contributed by atoms with van der Waals surface area (Å²) in [4.78, 5) is 26.9. The predicted molar refractivity (Wildman–Crippen MR) is 94.2 cm³/mol. The van der Waals surface area contributed by atoms with E-state index in [0.717, 1.165) is 11.3 Å². The van der Waals surface area contributed by atoms with Gasteiger partial charge in [0.2, 0.25) is 11.8 Å². The molecule has 2 aliphatic rings. The van der Waals surface area contributed by atoms with Crippen molar-refractivity contribution in [1.29, 1.82) is 0 Å². The molecule has 2 amide bonds. The van der Waals surface area contributed by atoms with Gasteiger partial charge in [-0.15, -0.1) is 0 Å². The Morgan fingerprint density at radius 3 is 2.81 bits per heavy atom. The van der Waals surface area contributed by atoms with Crippen LogP contribution in [-0.4, -0.2) is 38.8 Å². The largest absolute Gasteiger partial charge is 0.468 e. The quantitative estimate of drug-likeness (QED) is 0.841. The van der Waals surface area contributed by atoms with Crippen molar-refractivity contribution in [2.24, 2.45) is 11.7 Å². The van der Waals surface area contributed by atoms with Gasteiger partial charge in [-0.2, -0.15) is 5.10 Å². The van der Waals surface area contributed by atoms with Crippen molar-refractivity contribution in [2.45, 2.75) is 38.5 Å². The van der Waals surface area contributed by atoms with Crippen LogP contribution < -0.4 is 10.5 Å². The Kier molecular flexibility index (Phi) is 3.75. The third kappa shape index (κ3) is 2.55. The number of hydrogen-bond donors (Lipinski definition) is 1. The lowest BCUT2D eigenvalue weighted by molar-refractivity contribution is -0.175. The molecular formula is C19H22N4O3. The molecule has 0 saturated carbocycles. The zero-order valence-corrected chi connectivity index (χ0v) is 14.9. The minimum absolute atomic E-state index is 0.252. The van der Waals surface area contributed by atoms with E-state index in [9.17, 15) is 9.59 Å². The molecule has 7 nitrogen and oxygen atoms in total. The Labute approximate surface area is 151 Å². The second-order valence-corrected chi connectivity index (χ2v) is 7.22. The summed E-state index contributed by atoms with van der Waals surface area (Å²) in [5.74, 6) is -1.26. The number of rotatable bonds is 4. The lowest BCUT2D eigenvalue weighted by Gasteiger charge is -2.52. The number of ether oxygens (including phenoxy) is 1. The van der Waals surface area contributed by atoms with Crippen molar-refractivity contribution in [2.75, 3.05) is 6.54 Å². The molecule has 7 heteroatoms.